The highest BCUT2D eigenvalue weighted by molar-refractivity contribution is 5.62. The first kappa shape index (κ1) is 12.2. The van der Waals surface area contributed by atoms with Crippen molar-refractivity contribution in [1.82, 2.24) is 4.98 Å². The maximum atomic E-state index is 10.9. The van der Waals surface area contributed by atoms with E-state index in [4.69, 9.17) is 0 Å². The van der Waals surface area contributed by atoms with Gasteiger partial charge in [-0.05, 0) is 24.1 Å². The number of H-pyrrole nitrogens is 1. The third-order valence-electron chi connectivity index (χ3n) is 2.14. The maximum absolute atomic E-state index is 10.9. The zero-order chi connectivity index (χ0) is 12.0. The van der Waals surface area contributed by atoms with Crippen molar-refractivity contribution in [3.63, 3.8) is 0 Å². The summed E-state index contributed by atoms with van der Waals surface area (Å²) in [7, 11) is 0. The van der Waals surface area contributed by atoms with E-state index in [2.05, 4.69) is 24.0 Å². The van der Waals surface area contributed by atoms with Crippen LogP contribution in [0.2, 0.25) is 0 Å². The van der Waals surface area contributed by atoms with Crippen molar-refractivity contribution in [1.29, 1.82) is 0 Å². The minimum atomic E-state index is -0.0681. The molecule has 84 valence electrons. The summed E-state index contributed by atoms with van der Waals surface area (Å²) < 4.78 is 0. The van der Waals surface area contributed by atoms with Crippen LogP contribution in [0.3, 0.4) is 0 Å². The summed E-state index contributed by atoms with van der Waals surface area (Å²) in [4.78, 5) is 13.5. The molecule has 0 amide bonds. The molecule has 1 aromatic heterocycles. The highest BCUT2D eigenvalue weighted by Crippen LogP contribution is 2.17. The van der Waals surface area contributed by atoms with Crippen molar-refractivity contribution in [3.8, 4) is 11.1 Å². The summed E-state index contributed by atoms with van der Waals surface area (Å²) in [6.45, 7) is 6.05. The van der Waals surface area contributed by atoms with E-state index in [0.29, 0.717) is 0 Å². The lowest BCUT2D eigenvalue weighted by atomic mass is 10.1. The van der Waals surface area contributed by atoms with E-state index in [-0.39, 0.29) is 5.56 Å². The van der Waals surface area contributed by atoms with Crippen LogP contribution in [0.1, 0.15) is 19.4 Å². The molecule has 0 saturated carbocycles. The van der Waals surface area contributed by atoms with Crippen LogP contribution in [0.4, 0.5) is 0 Å². The molecule has 0 radical (unpaired) electrons. The summed E-state index contributed by atoms with van der Waals surface area (Å²) in [5.74, 6) is 0. The van der Waals surface area contributed by atoms with Crippen molar-refractivity contribution < 1.29 is 0 Å². The van der Waals surface area contributed by atoms with Crippen LogP contribution in [0.5, 0.6) is 0 Å². The number of benzene rings is 1. The van der Waals surface area contributed by atoms with E-state index in [9.17, 15) is 4.79 Å². The SMILES string of the molecule is CC.Cc1cccc(-c2ccc(=O)[nH]c2)c1. The van der Waals surface area contributed by atoms with E-state index in [1.807, 2.05) is 32.0 Å². The first-order chi connectivity index (χ1) is 7.75. The zero-order valence-corrected chi connectivity index (χ0v) is 9.95. The second-order valence-corrected chi connectivity index (χ2v) is 3.31. The predicted molar refractivity (Wildman–Crippen MR) is 68.6 cm³/mol. The number of nitrogens with one attached hydrogen (secondary N) is 1. The molecule has 0 spiro atoms. The number of hydrogen-bond donors (Lipinski definition) is 1. The van der Waals surface area contributed by atoms with Gasteiger partial charge in [-0.15, -0.1) is 0 Å². The number of aromatic nitrogens is 1. The lowest BCUT2D eigenvalue weighted by molar-refractivity contribution is 1.24. The third-order valence-corrected chi connectivity index (χ3v) is 2.14. The van der Waals surface area contributed by atoms with Crippen LogP contribution in [-0.4, -0.2) is 4.98 Å². The quantitative estimate of drug-likeness (QED) is 0.777. The summed E-state index contributed by atoms with van der Waals surface area (Å²) in [5.41, 5.74) is 3.31. The van der Waals surface area contributed by atoms with Gasteiger partial charge in [-0.2, -0.15) is 0 Å². The Labute approximate surface area is 96.0 Å². The van der Waals surface area contributed by atoms with Gasteiger partial charge in [0.05, 0.1) is 0 Å². The number of aryl methyl sites for hydroxylation is 1. The molecule has 0 bridgehead atoms. The molecule has 1 heterocycles. The van der Waals surface area contributed by atoms with Gasteiger partial charge in [0.2, 0.25) is 5.56 Å². The molecule has 0 aliphatic rings. The Morgan fingerprint density at radius 1 is 1.00 bits per heavy atom. The molecule has 2 rings (SSSR count). The minimum absolute atomic E-state index is 0.0681. The first-order valence-corrected chi connectivity index (χ1v) is 5.51. The van der Waals surface area contributed by atoms with Crippen molar-refractivity contribution in [2.45, 2.75) is 20.8 Å². The van der Waals surface area contributed by atoms with Crippen LogP contribution in [0, 0.1) is 6.92 Å². The molecule has 0 fully saturated rings. The minimum Gasteiger partial charge on any atom is -0.328 e. The second-order valence-electron chi connectivity index (χ2n) is 3.31. The smallest absolute Gasteiger partial charge is 0.247 e. The van der Waals surface area contributed by atoms with Gasteiger partial charge in [-0.25, -0.2) is 0 Å². The van der Waals surface area contributed by atoms with Crippen molar-refractivity contribution in [3.05, 3.63) is 58.5 Å². The standard InChI is InChI=1S/C12H11NO.C2H6/c1-9-3-2-4-10(7-9)11-5-6-12(14)13-8-11;1-2/h2-8H,1H3,(H,13,14);1-2H3. The summed E-state index contributed by atoms with van der Waals surface area (Å²) in [6.07, 6.45) is 1.73. The van der Waals surface area contributed by atoms with Gasteiger partial charge in [0.25, 0.3) is 0 Å². The fraction of sp³-hybridized carbons (Fsp3) is 0.214. The molecule has 2 aromatic rings. The molecular weight excluding hydrogens is 198 g/mol. The lowest BCUT2D eigenvalue weighted by Crippen LogP contribution is -2.01. The highest BCUT2D eigenvalue weighted by Gasteiger charge is 1.96. The number of hydrogen-bond acceptors (Lipinski definition) is 1. The highest BCUT2D eigenvalue weighted by atomic mass is 16.1. The molecule has 16 heavy (non-hydrogen) atoms. The van der Waals surface area contributed by atoms with E-state index in [0.717, 1.165) is 11.1 Å². The number of aromatic amines is 1. The summed E-state index contributed by atoms with van der Waals surface area (Å²) >= 11 is 0. The lowest BCUT2D eigenvalue weighted by Gasteiger charge is -2.01. The molecule has 0 atom stereocenters. The van der Waals surface area contributed by atoms with Gasteiger partial charge in [0.1, 0.15) is 0 Å². The molecule has 0 saturated heterocycles. The van der Waals surface area contributed by atoms with Crippen molar-refractivity contribution in [2.24, 2.45) is 0 Å². The molecule has 1 aromatic carbocycles. The van der Waals surface area contributed by atoms with E-state index >= 15 is 0 Å². The van der Waals surface area contributed by atoms with Gasteiger partial charge < -0.3 is 4.98 Å². The van der Waals surface area contributed by atoms with E-state index in [1.165, 1.54) is 11.6 Å². The van der Waals surface area contributed by atoms with Crippen LogP contribution in [0.25, 0.3) is 11.1 Å². The monoisotopic (exact) mass is 215 g/mol. The van der Waals surface area contributed by atoms with Crippen LogP contribution in [0.15, 0.2) is 47.4 Å². The van der Waals surface area contributed by atoms with Crippen molar-refractivity contribution >= 4 is 0 Å². The molecular formula is C14H17NO. The molecule has 2 heteroatoms. The Bertz CT molecular complexity index is 480. The van der Waals surface area contributed by atoms with Gasteiger partial charge >= 0.3 is 0 Å². The Kier molecular flexibility index (Phi) is 4.52. The fourth-order valence-electron chi connectivity index (χ4n) is 1.41. The summed E-state index contributed by atoms with van der Waals surface area (Å²) in [5, 5.41) is 0. The molecule has 0 aliphatic carbocycles. The summed E-state index contributed by atoms with van der Waals surface area (Å²) in [6, 6.07) is 11.5. The largest absolute Gasteiger partial charge is 0.328 e. The van der Waals surface area contributed by atoms with Gasteiger partial charge in [-0.3, -0.25) is 4.79 Å². The van der Waals surface area contributed by atoms with Gasteiger partial charge in [0, 0.05) is 12.3 Å². The van der Waals surface area contributed by atoms with Crippen LogP contribution >= 0.6 is 0 Å². The zero-order valence-electron chi connectivity index (χ0n) is 9.95. The maximum Gasteiger partial charge on any atom is 0.247 e. The Hall–Kier alpha value is -1.83. The normalized spacial score (nSPS) is 9.19. The second kappa shape index (κ2) is 5.91. The van der Waals surface area contributed by atoms with E-state index < -0.39 is 0 Å². The van der Waals surface area contributed by atoms with Gasteiger partial charge in [0.15, 0.2) is 0 Å². The average Bonchev–Trinajstić information content (AvgIpc) is 2.32. The Balaban J connectivity index is 0.000000606. The average molecular weight is 215 g/mol. The number of rotatable bonds is 1. The Morgan fingerprint density at radius 2 is 1.75 bits per heavy atom. The first-order valence-electron chi connectivity index (χ1n) is 5.51. The Morgan fingerprint density at radius 3 is 2.31 bits per heavy atom. The molecule has 1 N–H and O–H groups in total. The van der Waals surface area contributed by atoms with Crippen LogP contribution < -0.4 is 5.56 Å². The predicted octanol–water partition coefficient (Wildman–Crippen LogP) is 3.38. The van der Waals surface area contributed by atoms with Gasteiger partial charge in [-0.1, -0.05) is 43.7 Å². The van der Waals surface area contributed by atoms with E-state index in [1.54, 1.807) is 6.20 Å². The molecule has 0 aliphatic heterocycles. The topological polar surface area (TPSA) is 32.9 Å². The molecule has 0 unspecified atom stereocenters. The molecule has 2 nitrogen and oxygen atoms in total. The number of pyridine rings is 1. The third kappa shape index (κ3) is 3.09. The fourth-order valence-corrected chi connectivity index (χ4v) is 1.41. The van der Waals surface area contributed by atoms with Crippen molar-refractivity contribution in [2.75, 3.05) is 0 Å². The van der Waals surface area contributed by atoms with Crippen LogP contribution in [-0.2, 0) is 0 Å².